The Bertz CT molecular complexity index is 710. The van der Waals surface area contributed by atoms with Gasteiger partial charge in [0.15, 0.2) is 0 Å². The molecule has 0 aliphatic carbocycles. The van der Waals surface area contributed by atoms with E-state index in [1.165, 1.54) is 18.2 Å². The van der Waals surface area contributed by atoms with Crippen molar-refractivity contribution in [3.8, 4) is 34.5 Å². The molecule has 6 heteroatoms. The summed E-state index contributed by atoms with van der Waals surface area (Å²) in [6.45, 7) is 0. The van der Waals surface area contributed by atoms with Crippen LogP contribution in [-0.4, -0.2) is 25.3 Å². The fraction of sp³-hybridized carbons (Fsp3) is 0. The molecule has 94 valence electrons. The highest BCUT2D eigenvalue weighted by molar-refractivity contribution is 5.65. The molecule has 2 heterocycles. The maximum atomic E-state index is 9.72. The maximum absolute atomic E-state index is 9.72. The van der Waals surface area contributed by atoms with Gasteiger partial charge in [0.05, 0.1) is 5.56 Å². The van der Waals surface area contributed by atoms with Gasteiger partial charge >= 0.3 is 0 Å². The van der Waals surface area contributed by atoms with Crippen LogP contribution in [0.4, 0.5) is 0 Å². The monoisotopic (exact) mass is 255 g/mol. The lowest BCUT2D eigenvalue weighted by atomic mass is 10.2. The highest BCUT2D eigenvalue weighted by Crippen LogP contribution is 2.31. The number of hydrogen-bond acceptors (Lipinski definition) is 6. The zero-order chi connectivity index (χ0) is 13.2. The van der Waals surface area contributed by atoms with Gasteiger partial charge < -0.3 is 14.7 Å². The smallest absolute Gasteiger partial charge is 0.262 e. The number of aromatic hydroxyl groups is 2. The summed E-state index contributed by atoms with van der Waals surface area (Å²) < 4.78 is 5.08. The van der Waals surface area contributed by atoms with Crippen LogP contribution in [-0.2, 0) is 0 Å². The normalized spacial score (nSPS) is 10.5. The number of rotatable bonds is 2. The van der Waals surface area contributed by atoms with Crippen LogP contribution in [0.25, 0.3) is 23.0 Å². The number of phenolic OH excluding ortho intramolecular Hbond substituents is 2. The molecule has 0 aliphatic rings. The van der Waals surface area contributed by atoms with Crippen molar-refractivity contribution >= 4 is 0 Å². The Balaban J connectivity index is 2.02. The highest BCUT2D eigenvalue weighted by Gasteiger charge is 2.14. The summed E-state index contributed by atoms with van der Waals surface area (Å²) >= 11 is 0. The second-order valence-electron chi connectivity index (χ2n) is 3.84. The topological polar surface area (TPSA) is 92.3 Å². The number of phenols is 2. The van der Waals surface area contributed by atoms with Crippen molar-refractivity contribution in [2.45, 2.75) is 0 Å². The van der Waals surface area contributed by atoms with Gasteiger partial charge in [0, 0.05) is 12.3 Å². The molecule has 0 fully saturated rings. The van der Waals surface area contributed by atoms with Crippen molar-refractivity contribution in [1.29, 1.82) is 0 Å². The van der Waals surface area contributed by atoms with Crippen LogP contribution < -0.4 is 0 Å². The van der Waals surface area contributed by atoms with Crippen LogP contribution >= 0.6 is 0 Å². The van der Waals surface area contributed by atoms with Crippen LogP contribution in [0.1, 0.15) is 0 Å². The molecular formula is C13H9N3O3. The van der Waals surface area contributed by atoms with E-state index >= 15 is 0 Å². The van der Waals surface area contributed by atoms with E-state index in [9.17, 15) is 10.2 Å². The lowest BCUT2D eigenvalue weighted by Crippen LogP contribution is -1.84. The molecule has 0 spiro atoms. The lowest BCUT2D eigenvalue weighted by Gasteiger charge is -1.99. The van der Waals surface area contributed by atoms with E-state index in [1.807, 2.05) is 6.07 Å². The first-order valence-corrected chi connectivity index (χ1v) is 5.51. The summed E-state index contributed by atoms with van der Waals surface area (Å²) in [5.74, 6) is 0.336. The van der Waals surface area contributed by atoms with Crippen molar-refractivity contribution in [2.24, 2.45) is 0 Å². The molecule has 3 rings (SSSR count). The maximum Gasteiger partial charge on any atom is 0.262 e. The molecule has 0 saturated carbocycles. The van der Waals surface area contributed by atoms with Crippen LogP contribution in [0, 0.1) is 0 Å². The largest absolute Gasteiger partial charge is 0.508 e. The molecule has 6 nitrogen and oxygen atoms in total. The molecule has 1 aromatic carbocycles. The quantitative estimate of drug-likeness (QED) is 0.729. The van der Waals surface area contributed by atoms with E-state index in [-0.39, 0.29) is 17.4 Å². The second-order valence-corrected chi connectivity index (χ2v) is 3.84. The molecule has 0 bridgehead atoms. The van der Waals surface area contributed by atoms with Gasteiger partial charge in [-0.25, -0.2) is 0 Å². The van der Waals surface area contributed by atoms with Gasteiger partial charge in [0.2, 0.25) is 5.82 Å². The average Bonchev–Trinajstić information content (AvgIpc) is 2.89. The molecule has 0 aliphatic heterocycles. The minimum Gasteiger partial charge on any atom is -0.508 e. The zero-order valence-corrected chi connectivity index (χ0v) is 9.69. The molecule has 2 N–H and O–H groups in total. The average molecular weight is 255 g/mol. The number of benzene rings is 1. The van der Waals surface area contributed by atoms with Crippen molar-refractivity contribution < 1.29 is 14.7 Å². The number of pyridine rings is 1. The Hall–Kier alpha value is -2.89. The zero-order valence-electron chi connectivity index (χ0n) is 9.69. The Labute approximate surface area is 108 Å². The Kier molecular flexibility index (Phi) is 2.60. The molecule has 0 atom stereocenters. The minimum atomic E-state index is -0.128. The number of nitrogens with zero attached hydrogens (tertiary/aromatic N) is 3. The van der Waals surface area contributed by atoms with E-state index in [2.05, 4.69) is 15.1 Å². The summed E-state index contributed by atoms with van der Waals surface area (Å²) in [5.41, 5.74) is 0.934. The van der Waals surface area contributed by atoms with Crippen molar-refractivity contribution in [2.75, 3.05) is 0 Å². The van der Waals surface area contributed by atoms with Crippen molar-refractivity contribution in [3.05, 3.63) is 42.6 Å². The predicted octanol–water partition coefficient (Wildman–Crippen LogP) is 2.21. The van der Waals surface area contributed by atoms with E-state index < -0.39 is 0 Å². The fourth-order valence-corrected chi connectivity index (χ4v) is 1.63. The van der Waals surface area contributed by atoms with Gasteiger partial charge in [0.1, 0.15) is 17.2 Å². The molecule has 0 radical (unpaired) electrons. The molecule has 0 unspecified atom stereocenters. The summed E-state index contributed by atoms with van der Waals surface area (Å²) in [4.78, 5) is 8.26. The van der Waals surface area contributed by atoms with Crippen molar-refractivity contribution in [1.82, 2.24) is 15.1 Å². The van der Waals surface area contributed by atoms with Crippen molar-refractivity contribution in [3.63, 3.8) is 0 Å². The first-order chi connectivity index (χ1) is 9.24. The van der Waals surface area contributed by atoms with Crippen LogP contribution in [0.15, 0.2) is 47.1 Å². The predicted molar refractivity (Wildman–Crippen MR) is 66.3 cm³/mol. The first kappa shape index (κ1) is 11.2. The number of aromatic nitrogens is 3. The van der Waals surface area contributed by atoms with Gasteiger partial charge in [0.25, 0.3) is 5.89 Å². The van der Waals surface area contributed by atoms with E-state index in [0.29, 0.717) is 17.1 Å². The van der Waals surface area contributed by atoms with Gasteiger partial charge in [-0.1, -0.05) is 11.2 Å². The van der Waals surface area contributed by atoms with E-state index in [0.717, 1.165) is 0 Å². The molecular weight excluding hydrogens is 246 g/mol. The van der Waals surface area contributed by atoms with E-state index in [4.69, 9.17) is 4.52 Å². The summed E-state index contributed by atoms with van der Waals surface area (Å²) in [6, 6.07) is 9.50. The standard InChI is InChI=1S/C13H9N3O3/c17-8-4-5-9(11(18)7-8)13-15-12(16-19-13)10-3-1-2-6-14-10/h1-7,17-18H. The molecule has 3 aromatic rings. The Morgan fingerprint density at radius 2 is 1.95 bits per heavy atom. The van der Waals surface area contributed by atoms with Crippen LogP contribution in [0.2, 0.25) is 0 Å². The third-order valence-electron chi connectivity index (χ3n) is 2.53. The molecule has 0 amide bonds. The Morgan fingerprint density at radius 1 is 1.05 bits per heavy atom. The first-order valence-electron chi connectivity index (χ1n) is 5.51. The van der Waals surface area contributed by atoms with Crippen LogP contribution in [0.3, 0.4) is 0 Å². The minimum absolute atomic E-state index is 0.0364. The lowest BCUT2D eigenvalue weighted by molar-refractivity contribution is 0.423. The third-order valence-corrected chi connectivity index (χ3v) is 2.53. The molecule has 0 saturated heterocycles. The third kappa shape index (κ3) is 2.11. The number of hydrogen-bond donors (Lipinski definition) is 2. The Morgan fingerprint density at radius 3 is 2.68 bits per heavy atom. The van der Waals surface area contributed by atoms with Gasteiger partial charge in [-0.2, -0.15) is 4.98 Å². The van der Waals surface area contributed by atoms with Gasteiger partial charge in [-0.3, -0.25) is 4.98 Å². The molecule has 2 aromatic heterocycles. The summed E-state index contributed by atoms with van der Waals surface area (Å²) in [5, 5.41) is 22.8. The highest BCUT2D eigenvalue weighted by atomic mass is 16.5. The molecule has 19 heavy (non-hydrogen) atoms. The van der Waals surface area contributed by atoms with Gasteiger partial charge in [-0.05, 0) is 24.3 Å². The SMILES string of the molecule is Oc1ccc(-c2nc(-c3ccccn3)no2)c(O)c1. The second kappa shape index (κ2) is 4.41. The van der Waals surface area contributed by atoms with Crippen LogP contribution in [0.5, 0.6) is 11.5 Å². The summed E-state index contributed by atoms with van der Waals surface area (Å²) in [7, 11) is 0. The summed E-state index contributed by atoms with van der Waals surface area (Å²) in [6.07, 6.45) is 1.63. The van der Waals surface area contributed by atoms with E-state index in [1.54, 1.807) is 18.3 Å². The fourth-order valence-electron chi connectivity index (χ4n) is 1.63. The van der Waals surface area contributed by atoms with Gasteiger partial charge in [-0.15, -0.1) is 0 Å².